The summed E-state index contributed by atoms with van der Waals surface area (Å²) < 4.78 is 0. The summed E-state index contributed by atoms with van der Waals surface area (Å²) in [6, 6.07) is 4.88. The monoisotopic (exact) mass is 263 g/mol. The number of hydrogen-bond acceptors (Lipinski definition) is 2. The van der Waals surface area contributed by atoms with Gasteiger partial charge in [-0.2, -0.15) is 0 Å². The number of carbonyl (C=O) groups excluding carboxylic acids is 1. The van der Waals surface area contributed by atoms with Gasteiger partial charge in [0.25, 0.3) is 5.91 Å². The smallest absolute Gasteiger partial charge is 0.270 e. The molecule has 1 N–H and O–H groups in total. The molecule has 1 aromatic rings. The Labute approximate surface area is 115 Å². The Morgan fingerprint density at radius 2 is 2.16 bits per heavy atom. The molecule has 0 aromatic carbocycles. The topological polar surface area (TPSA) is 39.3 Å². The maximum Gasteiger partial charge on any atom is 0.270 e. The van der Waals surface area contributed by atoms with Crippen molar-refractivity contribution in [3.8, 4) is 0 Å². The number of carbonyl (C=O) groups is 1. The zero-order valence-electron chi connectivity index (χ0n) is 12.4. The molecule has 0 spiro atoms. The van der Waals surface area contributed by atoms with E-state index in [-0.39, 0.29) is 5.91 Å². The summed E-state index contributed by atoms with van der Waals surface area (Å²) in [5.41, 5.74) is 1.85. The van der Waals surface area contributed by atoms with Crippen LogP contribution in [0.25, 0.3) is 0 Å². The highest BCUT2D eigenvalue weighted by Gasteiger charge is 2.28. The van der Waals surface area contributed by atoms with Crippen LogP contribution in [0.3, 0.4) is 0 Å². The number of aromatic nitrogens is 1. The minimum atomic E-state index is 0.134. The van der Waals surface area contributed by atoms with E-state index in [1.807, 2.05) is 17.0 Å². The molecule has 1 aromatic heterocycles. The fourth-order valence-electron chi connectivity index (χ4n) is 2.86. The quantitative estimate of drug-likeness (QED) is 0.907. The van der Waals surface area contributed by atoms with E-state index in [0.29, 0.717) is 12.1 Å². The van der Waals surface area contributed by atoms with E-state index in [1.165, 1.54) is 0 Å². The number of hydrogen-bond donors (Lipinski definition) is 1. The molecule has 4 nitrogen and oxygen atoms in total. The van der Waals surface area contributed by atoms with Crippen LogP contribution < -0.4 is 0 Å². The van der Waals surface area contributed by atoms with Crippen molar-refractivity contribution in [1.82, 2.24) is 14.8 Å². The molecule has 2 rings (SSSR count). The van der Waals surface area contributed by atoms with Crippen LogP contribution in [0.5, 0.6) is 0 Å². The molecule has 106 valence electrons. The highest BCUT2D eigenvalue weighted by molar-refractivity contribution is 5.92. The van der Waals surface area contributed by atoms with Gasteiger partial charge in [-0.25, -0.2) is 0 Å². The molecule has 19 heavy (non-hydrogen) atoms. The molecule has 1 aliphatic heterocycles. The Morgan fingerprint density at radius 3 is 2.68 bits per heavy atom. The van der Waals surface area contributed by atoms with Gasteiger partial charge in [0.15, 0.2) is 0 Å². The first kappa shape index (κ1) is 14.1. The van der Waals surface area contributed by atoms with Crippen molar-refractivity contribution in [2.24, 2.45) is 0 Å². The summed E-state index contributed by atoms with van der Waals surface area (Å²) in [5.74, 6) is 0.134. The van der Waals surface area contributed by atoms with E-state index in [2.05, 4.69) is 37.6 Å². The van der Waals surface area contributed by atoms with E-state index in [9.17, 15) is 4.79 Å². The van der Waals surface area contributed by atoms with Crippen molar-refractivity contribution in [2.45, 2.75) is 46.2 Å². The Kier molecular flexibility index (Phi) is 4.30. The summed E-state index contributed by atoms with van der Waals surface area (Å²) in [4.78, 5) is 20.1. The predicted octanol–water partition coefficient (Wildman–Crippen LogP) is 2.13. The van der Waals surface area contributed by atoms with Crippen LogP contribution in [0.15, 0.2) is 12.1 Å². The molecule has 0 aliphatic carbocycles. The minimum Gasteiger partial charge on any atom is -0.354 e. The normalized spacial score (nSPS) is 21.1. The number of rotatable bonds is 3. The highest BCUT2D eigenvalue weighted by atomic mass is 16.2. The Morgan fingerprint density at radius 1 is 1.42 bits per heavy atom. The third kappa shape index (κ3) is 3.00. The van der Waals surface area contributed by atoms with Gasteiger partial charge in [0, 0.05) is 37.4 Å². The van der Waals surface area contributed by atoms with Crippen LogP contribution in [-0.4, -0.2) is 52.4 Å². The van der Waals surface area contributed by atoms with Crippen LogP contribution in [0, 0.1) is 0 Å². The average Bonchev–Trinajstić information content (AvgIpc) is 2.86. The van der Waals surface area contributed by atoms with Gasteiger partial charge in [0.2, 0.25) is 0 Å². The largest absolute Gasteiger partial charge is 0.354 e. The first-order chi connectivity index (χ1) is 9.02. The van der Waals surface area contributed by atoms with Gasteiger partial charge in [0.1, 0.15) is 5.69 Å². The van der Waals surface area contributed by atoms with Crippen LogP contribution in [-0.2, 0) is 6.42 Å². The van der Waals surface area contributed by atoms with Crippen molar-refractivity contribution < 1.29 is 4.79 Å². The molecule has 1 aliphatic rings. The SMILES string of the molecule is CCc1ccc(C(=O)N2CCN(C(C)C)C(C)C2)[nH]1. The third-order valence-corrected chi connectivity index (χ3v) is 3.99. The Balaban J connectivity index is 2.02. The van der Waals surface area contributed by atoms with E-state index < -0.39 is 0 Å². The summed E-state index contributed by atoms with van der Waals surface area (Å²) >= 11 is 0. The van der Waals surface area contributed by atoms with Gasteiger partial charge in [-0.1, -0.05) is 6.92 Å². The first-order valence-corrected chi connectivity index (χ1v) is 7.25. The summed E-state index contributed by atoms with van der Waals surface area (Å²) in [6.07, 6.45) is 0.935. The average molecular weight is 263 g/mol. The molecule has 1 saturated heterocycles. The zero-order valence-corrected chi connectivity index (χ0v) is 12.4. The molecule has 0 bridgehead atoms. The molecule has 1 amide bonds. The number of nitrogens with one attached hydrogen (secondary N) is 1. The van der Waals surface area contributed by atoms with Crippen molar-refractivity contribution in [2.75, 3.05) is 19.6 Å². The third-order valence-electron chi connectivity index (χ3n) is 3.99. The molecule has 1 unspecified atom stereocenters. The van der Waals surface area contributed by atoms with Gasteiger partial charge < -0.3 is 9.88 Å². The van der Waals surface area contributed by atoms with Gasteiger partial charge in [-0.05, 0) is 39.3 Å². The standard InChI is InChI=1S/C15H25N3O/c1-5-13-6-7-14(16-13)15(19)17-8-9-18(11(2)3)12(4)10-17/h6-7,11-12,16H,5,8-10H2,1-4H3. The predicted molar refractivity (Wildman–Crippen MR) is 77.4 cm³/mol. The van der Waals surface area contributed by atoms with Gasteiger partial charge in [0.05, 0.1) is 0 Å². The summed E-state index contributed by atoms with van der Waals surface area (Å²) in [7, 11) is 0. The lowest BCUT2D eigenvalue weighted by atomic mass is 10.1. The highest BCUT2D eigenvalue weighted by Crippen LogP contribution is 2.15. The van der Waals surface area contributed by atoms with Crippen molar-refractivity contribution in [3.63, 3.8) is 0 Å². The lowest BCUT2D eigenvalue weighted by Crippen LogP contribution is -2.55. The van der Waals surface area contributed by atoms with Crippen LogP contribution in [0.4, 0.5) is 0 Å². The molecular formula is C15H25N3O. The zero-order chi connectivity index (χ0) is 14.0. The molecule has 4 heteroatoms. The maximum absolute atomic E-state index is 12.4. The number of aromatic amines is 1. The van der Waals surface area contributed by atoms with Gasteiger partial charge >= 0.3 is 0 Å². The second-order valence-corrected chi connectivity index (χ2v) is 5.68. The number of aryl methyl sites for hydroxylation is 1. The molecule has 1 atom stereocenters. The van der Waals surface area contributed by atoms with Crippen molar-refractivity contribution in [3.05, 3.63) is 23.5 Å². The van der Waals surface area contributed by atoms with E-state index >= 15 is 0 Å². The molecule has 0 saturated carbocycles. The Bertz CT molecular complexity index is 438. The van der Waals surface area contributed by atoms with E-state index in [0.717, 1.165) is 37.4 Å². The lowest BCUT2D eigenvalue weighted by Gasteiger charge is -2.41. The number of H-pyrrole nitrogens is 1. The lowest BCUT2D eigenvalue weighted by molar-refractivity contribution is 0.0422. The second-order valence-electron chi connectivity index (χ2n) is 5.68. The van der Waals surface area contributed by atoms with Crippen LogP contribution in [0.1, 0.15) is 43.9 Å². The van der Waals surface area contributed by atoms with Gasteiger partial charge in [-0.15, -0.1) is 0 Å². The molecule has 1 fully saturated rings. The van der Waals surface area contributed by atoms with Gasteiger partial charge in [-0.3, -0.25) is 9.69 Å². The molecule has 2 heterocycles. The van der Waals surface area contributed by atoms with E-state index in [1.54, 1.807) is 0 Å². The number of nitrogens with zero attached hydrogens (tertiary/aromatic N) is 2. The summed E-state index contributed by atoms with van der Waals surface area (Å²) in [6.45, 7) is 11.3. The molecule has 0 radical (unpaired) electrons. The fourth-order valence-corrected chi connectivity index (χ4v) is 2.86. The maximum atomic E-state index is 12.4. The van der Waals surface area contributed by atoms with Crippen LogP contribution in [0.2, 0.25) is 0 Å². The van der Waals surface area contributed by atoms with Crippen LogP contribution >= 0.6 is 0 Å². The summed E-state index contributed by atoms with van der Waals surface area (Å²) in [5, 5.41) is 0. The fraction of sp³-hybridized carbons (Fsp3) is 0.667. The van der Waals surface area contributed by atoms with Crippen molar-refractivity contribution in [1.29, 1.82) is 0 Å². The first-order valence-electron chi connectivity index (χ1n) is 7.25. The number of piperazine rings is 1. The second kappa shape index (κ2) is 5.78. The minimum absolute atomic E-state index is 0.134. The number of amides is 1. The Hall–Kier alpha value is -1.29. The van der Waals surface area contributed by atoms with Crippen molar-refractivity contribution >= 4 is 5.91 Å². The molecular weight excluding hydrogens is 238 g/mol. The van der Waals surface area contributed by atoms with E-state index in [4.69, 9.17) is 0 Å².